The number of hydrogen-bond acceptors (Lipinski definition) is 2. The summed E-state index contributed by atoms with van der Waals surface area (Å²) in [4.78, 5) is 11.9. The van der Waals surface area contributed by atoms with Crippen LogP contribution in [0, 0.1) is 12.8 Å². The largest absolute Gasteiger partial charge is 0.492 e. The van der Waals surface area contributed by atoms with Crippen molar-refractivity contribution < 1.29 is 9.53 Å². The lowest BCUT2D eigenvalue weighted by Gasteiger charge is -2.20. The first kappa shape index (κ1) is 15.2. The van der Waals surface area contributed by atoms with E-state index in [9.17, 15) is 4.79 Å². The van der Waals surface area contributed by atoms with E-state index in [-0.39, 0.29) is 11.8 Å². The molecule has 1 aliphatic carbocycles. The number of carbonyl (C=O) groups is 1. The summed E-state index contributed by atoms with van der Waals surface area (Å²) in [5, 5.41) is 3.65. The highest BCUT2D eigenvalue weighted by Gasteiger charge is 2.20. The van der Waals surface area contributed by atoms with Crippen LogP contribution in [0.1, 0.15) is 37.7 Å². The average Bonchev–Trinajstić information content (AvgIpc) is 2.48. The summed E-state index contributed by atoms with van der Waals surface area (Å²) in [5.74, 6) is 1.13. The van der Waals surface area contributed by atoms with Crippen molar-refractivity contribution in [3.63, 3.8) is 0 Å². The van der Waals surface area contributed by atoms with E-state index in [4.69, 9.17) is 16.3 Å². The third-order valence-electron chi connectivity index (χ3n) is 3.79. The fraction of sp³-hybridized carbons (Fsp3) is 0.562. The van der Waals surface area contributed by atoms with Crippen LogP contribution in [0.4, 0.5) is 0 Å². The van der Waals surface area contributed by atoms with E-state index in [1.165, 1.54) is 19.3 Å². The maximum absolute atomic E-state index is 11.9. The zero-order valence-electron chi connectivity index (χ0n) is 12.0. The standard InChI is InChI=1S/C16H22ClNO2/c1-12-7-8-14(11-15(12)17)20-10-9-18-16(19)13-5-3-2-4-6-13/h7-8,11,13H,2-6,9-10H2,1H3,(H,18,19). The minimum atomic E-state index is 0.176. The molecule has 0 heterocycles. The average molecular weight is 296 g/mol. The zero-order valence-corrected chi connectivity index (χ0v) is 12.7. The lowest BCUT2D eigenvalue weighted by atomic mass is 9.89. The Labute approximate surface area is 125 Å². The number of ether oxygens (including phenoxy) is 1. The topological polar surface area (TPSA) is 38.3 Å². The lowest BCUT2D eigenvalue weighted by Crippen LogP contribution is -2.34. The first-order valence-electron chi connectivity index (χ1n) is 7.33. The second-order valence-electron chi connectivity index (χ2n) is 5.39. The van der Waals surface area contributed by atoms with Crippen LogP contribution in [-0.2, 0) is 4.79 Å². The summed E-state index contributed by atoms with van der Waals surface area (Å²) < 4.78 is 5.58. The number of halogens is 1. The Morgan fingerprint density at radius 2 is 2.10 bits per heavy atom. The van der Waals surface area contributed by atoms with E-state index < -0.39 is 0 Å². The second-order valence-corrected chi connectivity index (χ2v) is 5.79. The van der Waals surface area contributed by atoms with Gasteiger partial charge in [-0.3, -0.25) is 4.79 Å². The number of benzene rings is 1. The van der Waals surface area contributed by atoms with Crippen molar-refractivity contribution in [1.82, 2.24) is 5.32 Å². The van der Waals surface area contributed by atoms with Crippen molar-refractivity contribution in [2.24, 2.45) is 5.92 Å². The van der Waals surface area contributed by atoms with E-state index in [0.717, 1.165) is 24.2 Å². The van der Waals surface area contributed by atoms with Crippen molar-refractivity contribution in [3.05, 3.63) is 28.8 Å². The molecule has 4 heteroatoms. The molecule has 3 nitrogen and oxygen atoms in total. The molecule has 0 saturated heterocycles. The predicted octanol–water partition coefficient (Wildman–Crippen LogP) is 3.72. The molecule has 0 atom stereocenters. The molecule has 0 radical (unpaired) electrons. The van der Waals surface area contributed by atoms with Gasteiger partial charge in [0.15, 0.2) is 0 Å². The highest BCUT2D eigenvalue weighted by molar-refractivity contribution is 6.31. The number of nitrogens with one attached hydrogen (secondary N) is 1. The Morgan fingerprint density at radius 1 is 1.35 bits per heavy atom. The summed E-state index contributed by atoms with van der Waals surface area (Å²) in [7, 11) is 0. The van der Waals surface area contributed by atoms with Gasteiger partial charge in [-0.1, -0.05) is 36.9 Å². The number of rotatable bonds is 5. The number of hydrogen-bond donors (Lipinski definition) is 1. The summed E-state index contributed by atoms with van der Waals surface area (Å²) in [6.45, 7) is 2.97. The van der Waals surface area contributed by atoms with Crippen LogP contribution in [0.2, 0.25) is 5.02 Å². The first-order chi connectivity index (χ1) is 9.66. The molecule has 1 amide bonds. The van der Waals surface area contributed by atoms with E-state index in [1.807, 2.05) is 19.1 Å². The SMILES string of the molecule is Cc1ccc(OCCNC(=O)C2CCCCC2)cc1Cl. The number of carbonyl (C=O) groups excluding carboxylic acids is 1. The van der Waals surface area contributed by atoms with Gasteiger partial charge in [0.25, 0.3) is 0 Å². The van der Waals surface area contributed by atoms with E-state index in [0.29, 0.717) is 18.2 Å². The summed E-state index contributed by atoms with van der Waals surface area (Å²) >= 11 is 6.03. The summed E-state index contributed by atoms with van der Waals surface area (Å²) in [6.07, 6.45) is 5.68. The van der Waals surface area contributed by atoms with Gasteiger partial charge >= 0.3 is 0 Å². The third kappa shape index (κ3) is 4.41. The molecular weight excluding hydrogens is 274 g/mol. The van der Waals surface area contributed by atoms with Crippen LogP contribution in [-0.4, -0.2) is 19.1 Å². The van der Waals surface area contributed by atoms with Crippen molar-refractivity contribution in [2.45, 2.75) is 39.0 Å². The molecule has 0 unspecified atom stereocenters. The Morgan fingerprint density at radius 3 is 2.80 bits per heavy atom. The third-order valence-corrected chi connectivity index (χ3v) is 4.20. The second kappa shape index (κ2) is 7.53. The minimum absolute atomic E-state index is 0.176. The molecule has 0 aromatic heterocycles. The molecule has 0 aliphatic heterocycles. The van der Waals surface area contributed by atoms with Gasteiger partial charge in [0.2, 0.25) is 5.91 Å². The number of aryl methyl sites for hydroxylation is 1. The monoisotopic (exact) mass is 295 g/mol. The van der Waals surface area contributed by atoms with Crippen LogP contribution in [0.3, 0.4) is 0 Å². The first-order valence-corrected chi connectivity index (χ1v) is 7.71. The van der Waals surface area contributed by atoms with Crippen LogP contribution in [0.25, 0.3) is 0 Å². The molecule has 0 spiro atoms. The Bertz CT molecular complexity index is 456. The smallest absolute Gasteiger partial charge is 0.223 e. The Hall–Kier alpha value is -1.22. The molecular formula is C16H22ClNO2. The van der Waals surface area contributed by atoms with Gasteiger partial charge in [-0.15, -0.1) is 0 Å². The van der Waals surface area contributed by atoms with Gasteiger partial charge in [-0.2, -0.15) is 0 Å². The van der Waals surface area contributed by atoms with Crippen molar-refractivity contribution >= 4 is 17.5 Å². The maximum atomic E-state index is 11.9. The van der Waals surface area contributed by atoms with Gasteiger partial charge in [0.05, 0.1) is 6.54 Å². The molecule has 2 rings (SSSR count). The summed E-state index contributed by atoms with van der Waals surface area (Å²) in [5.41, 5.74) is 1.03. The van der Waals surface area contributed by atoms with Crippen molar-refractivity contribution in [3.8, 4) is 5.75 Å². The fourth-order valence-corrected chi connectivity index (χ4v) is 2.69. The van der Waals surface area contributed by atoms with Crippen LogP contribution in [0.15, 0.2) is 18.2 Å². The van der Waals surface area contributed by atoms with E-state index >= 15 is 0 Å². The van der Waals surface area contributed by atoms with Gasteiger partial charge in [-0.05, 0) is 37.5 Å². The molecule has 1 fully saturated rings. The molecule has 1 saturated carbocycles. The number of amides is 1. The lowest BCUT2D eigenvalue weighted by molar-refractivity contribution is -0.126. The van der Waals surface area contributed by atoms with Gasteiger partial charge in [0.1, 0.15) is 12.4 Å². The highest BCUT2D eigenvalue weighted by Crippen LogP contribution is 2.23. The highest BCUT2D eigenvalue weighted by atomic mass is 35.5. The zero-order chi connectivity index (χ0) is 14.4. The quantitative estimate of drug-likeness (QED) is 0.841. The maximum Gasteiger partial charge on any atom is 0.223 e. The van der Waals surface area contributed by atoms with Crippen LogP contribution in [0.5, 0.6) is 5.75 Å². The molecule has 1 aromatic carbocycles. The Balaban J connectivity index is 1.68. The minimum Gasteiger partial charge on any atom is -0.492 e. The van der Waals surface area contributed by atoms with E-state index in [2.05, 4.69) is 5.32 Å². The predicted molar refractivity (Wildman–Crippen MR) is 81.3 cm³/mol. The van der Waals surface area contributed by atoms with Crippen molar-refractivity contribution in [2.75, 3.05) is 13.2 Å². The molecule has 1 N–H and O–H groups in total. The van der Waals surface area contributed by atoms with Crippen molar-refractivity contribution in [1.29, 1.82) is 0 Å². The van der Waals surface area contributed by atoms with E-state index in [1.54, 1.807) is 6.07 Å². The normalized spacial score (nSPS) is 15.9. The Kier molecular flexibility index (Phi) is 5.72. The molecule has 110 valence electrons. The van der Waals surface area contributed by atoms with Crippen LogP contribution >= 0.6 is 11.6 Å². The molecule has 1 aliphatic rings. The molecule has 0 bridgehead atoms. The van der Waals surface area contributed by atoms with Gasteiger partial charge in [-0.25, -0.2) is 0 Å². The fourth-order valence-electron chi connectivity index (χ4n) is 2.52. The molecule has 20 heavy (non-hydrogen) atoms. The van der Waals surface area contributed by atoms with Gasteiger partial charge in [0, 0.05) is 10.9 Å². The molecule has 1 aromatic rings. The van der Waals surface area contributed by atoms with Crippen LogP contribution < -0.4 is 10.1 Å². The van der Waals surface area contributed by atoms with Gasteiger partial charge < -0.3 is 10.1 Å². The summed E-state index contributed by atoms with van der Waals surface area (Å²) in [6, 6.07) is 5.63.